The summed E-state index contributed by atoms with van der Waals surface area (Å²) in [4.78, 5) is 0. The van der Waals surface area contributed by atoms with Gasteiger partial charge in [-0.1, -0.05) is 0 Å². The molecular formula is C10H20N4O2S. The van der Waals surface area contributed by atoms with Crippen molar-refractivity contribution in [2.24, 2.45) is 7.05 Å². The van der Waals surface area contributed by atoms with Crippen LogP contribution in [0.3, 0.4) is 0 Å². The Morgan fingerprint density at radius 2 is 2.12 bits per heavy atom. The molecule has 0 aromatic carbocycles. The number of nitrogens with zero attached hydrogens (tertiary/aromatic N) is 3. The summed E-state index contributed by atoms with van der Waals surface area (Å²) in [5.74, 6) is 0.110. The number of nitrogens with one attached hydrogen (secondary N) is 1. The number of sulfonamides is 1. The predicted molar refractivity (Wildman–Crippen MR) is 67.1 cm³/mol. The fourth-order valence-corrected chi connectivity index (χ4v) is 2.20. The van der Waals surface area contributed by atoms with Crippen LogP contribution in [0.5, 0.6) is 0 Å². The van der Waals surface area contributed by atoms with Crippen molar-refractivity contribution in [1.29, 1.82) is 0 Å². The van der Waals surface area contributed by atoms with Crippen molar-refractivity contribution >= 4 is 10.0 Å². The maximum absolute atomic E-state index is 11.5. The van der Waals surface area contributed by atoms with Gasteiger partial charge >= 0.3 is 0 Å². The van der Waals surface area contributed by atoms with Gasteiger partial charge < -0.3 is 5.32 Å². The minimum absolute atomic E-state index is 0.110. The van der Waals surface area contributed by atoms with Crippen LogP contribution in [0.1, 0.15) is 11.3 Å². The van der Waals surface area contributed by atoms with Crippen LogP contribution in [-0.4, -0.2) is 48.9 Å². The van der Waals surface area contributed by atoms with Crippen LogP contribution in [0.4, 0.5) is 0 Å². The molecule has 0 atom stereocenters. The van der Waals surface area contributed by atoms with Gasteiger partial charge in [-0.05, 0) is 6.92 Å². The Bertz CT molecular complexity index is 465. The van der Waals surface area contributed by atoms with Gasteiger partial charge in [0.05, 0.1) is 11.4 Å². The molecule has 0 amide bonds. The Morgan fingerprint density at radius 3 is 2.59 bits per heavy atom. The molecule has 0 aliphatic carbocycles. The summed E-state index contributed by atoms with van der Waals surface area (Å²) in [5.41, 5.74) is 2.06. The minimum atomic E-state index is -3.11. The molecule has 0 spiro atoms. The first-order valence-corrected chi connectivity index (χ1v) is 7.04. The van der Waals surface area contributed by atoms with Crippen LogP contribution >= 0.6 is 0 Å². The molecule has 98 valence electrons. The SMILES string of the molecule is Cc1nn(C)cc1CNCCS(=O)(=O)N(C)C. The van der Waals surface area contributed by atoms with E-state index in [9.17, 15) is 8.42 Å². The number of aryl methyl sites for hydroxylation is 2. The Balaban J connectivity index is 2.37. The van der Waals surface area contributed by atoms with E-state index < -0.39 is 10.0 Å². The molecule has 0 unspecified atom stereocenters. The summed E-state index contributed by atoms with van der Waals surface area (Å²) in [5, 5.41) is 7.32. The highest BCUT2D eigenvalue weighted by atomic mass is 32.2. The molecule has 0 fully saturated rings. The Labute approximate surface area is 103 Å². The molecule has 0 saturated carbocycles. The quantitative estimate of drug-likeness (QED) is 0.714. The van der Waals surface area contributed by atoms with E-state index in [1.807, 2.05) is 20.2 Å². The topological polar surface area (TPSA) is 67.2 Å². The van der Waals surface area contributed by atoms with Crippen LogP contribution in [0, 0.1) is 6.92 Å². The first-order valence-electron chi connectivity index (χ1n) is 5.43. The van der Waals surface area contributed by atoms with Crippen LogP contribution in [-0.2, 0) is 23.6 Å². The molecule has 7 heteroatoms. The Morgan fingerprint density at radius 1 is 1.47 bits per heavy atom. The lowest BCUT2D eigenvalue weighted by molar-refractivity contribution is 0.517. The summed E-state index contributed by atoms with van der Waals surface area (Å²) in [6.45, 7) is 3.02. The van der Waals surface area contributed by atoms with E-state index in [1.54, 1.807) is 18.8 Å². The molecule has 1 heterocycles. The van der Waals surface area contributed by atoms with Crippen molar-refractivity contribution in [1.82, 2.24) is 19.4 Å². The Hall–Kier alpha value is -0.920. The van der Waals surface area contributed by atoms with Crippen LogP contribution in [0.25, 0.3) is 0 Å². The molecule has 0 aliphatic rings. The summed E-state index contributed by atoms with van der Waals surface area (Å²) in [6, 6.07) is 0. The number of rotatable bonds is 6. The van der Waals surface area contributed by atoms with Gasteiger partial charge in [0.2, 0.25) is 10.0 Å². The van der Waals surface area contributed by atoms with Gasteiger partial charge in [0.25, 0.3) is 0 Å². The highest BCUT2D eigenvalue weighted by molar-refractivity contribution is 7.89. The lowest BCUT2D eigenvalue weighted by Crippen LogP contribution is -2.31. The average molecular weight is 260 g/mol. The maximum atomic E-state index is 11.5. The Kier molecular flexibility index (Phi) is 4.67. The molecule has 6 nitrogen and oxygen atoms in total. The van der Waals surface area contributed by atoms with E-state index in [4.69, 9.17) is 0 Å². The first-order chi connectivity index (χ1) is 7.83. The van der Waals surface area contributed by atoms with Gasteiger partial charge in [-0.15, -0.1) is 0 Å². The minimum Gasteiger partial charge on any atom is -0.311 e. The van der Waals surface area contributed by atoms with Crippen LogP contribution in [0.15, 0.2) is 6.20 Å². The molecular weight excluding hydrogens is 240 g/mol. The van der Waals surface area contributed by atoms with Gasteiger partial charge in [-0.25, -0.2) is 12.7 Å². The fourth-order valence-electron chi connectivity index (χ4n) is 1.43. The fraction of sp³-hybridized carbons (Fsp3) is 0.700. The van der Waals surface area contributed by atoms with Crippen molar-refractivity contribution in [3.05, 3.63) is 17.5 Å². The third kappa shape index (κ3) is 4.10. The largest absolute Gasteiger partial charge is 0.311 e. The van der Waals surface area contributed by atoms with Gasteiger partial charge in [-0.2, -0.15) is 5.10 Å². The molecule has 0 saturated heterocycles. The van der Waals surface area contributed by atoms with Crippen molar-refractivity contribution < 1.29 is 8.42 Å². The molecule has 1 rings (SSSR count). The molecule has 0 bridgehead atoms. The molecule has 17 heavy (non-hydrogen) atoms. The zero-order valence-electron chi connectivity index (χ0n) is 10.8. The molecule has 1 aromatic rings. The van der Waals surface area contributed by atoms with E-state index >= 15 is 0 Å². The van der Waals surface area contributed by atoms with Crippen molar-refractivity contribution in [2.45, 2.75) is 13.5 Å². The lowest BCUT2D eigenvalue weighted by atomic mass is 10.3. The first kappa shape index (κ1) is 14.1. The van der Waals surface area contributed by atoms with Crippen LogP contribution < -0.4 is 5.32 Å². The second kappa shape index (κ2) is 5.61. The third-order valence-electron chi connectivity index (χ3n) is 2.52. The smallest absolute Gasteiger partial charge is 0.214 e. The number of hydrogen-bond donors (Lipinski definition) is 1. The van der Waals surface area contributed by atoms with Gasteiger partial charge in [0.15, 0.2) is 0 Å². The second-order valence-electron chi connectivity index (χ2n) is 4.19. The third-order valence-corrected chi connectivity index (χ3v) is 4.36. The summed E-state index contributed by atoms with van der Waals surface area (Å²) < 4.78 is 26.0. The molecule has 1 aromatic heterocycles. The average Bonchev–Trinajstić information content (AvgIpc) is 2.52. The zero-order chi connectivity index (χ0) is 13.1. The number of aromatic nitrogens is 2. The van der Waals surface area contributed by atoms with E-state index in [-0.39, 0.29) is 5.75 Å². The maximum Gasteiger partial charge on any atom is 0.214 e. The van der Waals surface area contributed by atoms with Crippen molar-refractivity contribution in [3.8, 4) is 0 Å². The standard InChI is InChI=1S/C10H20N4O2S/c1-9-10(8-14(4)12-9)7-11-5-6-17(15,16)13(2)3/h8,11H,5-7H2,1-4H3. The van der Waals surface area contributed by atoms with E-state index in [2.05, 4.69) is 10.4 Å². The highest BCUT2D eigenvalue weighted by Crippen LogP contribution is 2.03. The highest BCUT2D eigenvalue weighted by Gasteiger charge is 2.12. The molecule has 1 N–H and O–H groups in total. The lowest BCUT2D eigenvalue weighted by Gasteiger charge is -2.11. The van der Waals surface area contributed by atoms with Crippen molar-refractivity contribution in [2.75, 3.05) is 26.4 Å². The van der Waals surface area contributed by atoms with E-state index in [1.165, 1.54) is 4.31 Å². The number of hydrogen-bond acceptors (Lipinski definition) is 4. The normalized spacial score (nSPS) is 12.3. The monoisotopic (exact) mass is 260 g/mol. The van der Waals surface area contributed by atoms with Crippen molar-refractivity contribution in [3.63, 3.8) is 0 Å². The predicted octanol–water partition coefficient (Wildman–Crippen LogP) is -0.290. The van der Waals surface area contributed by atoms with Gasteiger partial charge in [0.1, 0.15) is 0 Å². The van der Waals surface area contributed by atoms with E-state index in [0.717, 1.165) is 11.3 Å². The van der Waals surface area contributed by atoms with Gasteiger partial charge in [-0.3, -0.25) is 4.68 Å². The van der Waals surface area contributed by atoms with E-state index in [0.29, 0.717) is 13.1 Å². The molecule has 0 aliphatic heterocycles. The summed E-state index contributed by atoms with van der Waals surface area (Å²) in [7, 11) is 1.85. The van der Waals surface area contributed by atoms with Crippen LogP contribution in [0.2, 0.25) is 0 Å². The second-order valence-corrected chi connectivity index (χ2v) is 6.49. The van der Waals surface area contributed by atoms with Gasteiger partial charge in [0, 0.05) is 46.0 Å². The summed E-state index contributed by atoms with van der Waals surface area (Å²) in [6.07, 6.45) is 1.93. The zero-order valence-corrected chi connectivity index (χ0v) is 11.6. The summed E-state index contributed by atoms with van der Waals surface area (Å²) >= 11 is 0. The molecule has 0 radical (unpaired) electrons.